The molecule has 2 rings (SSSR count). The van der Waals surface area contributed by atoms with E-state index < -0.39 is 24.0 Å². The summed E-state index contributed by atoms with van der Waals surface area (Å²) in [5.41, 5.74) is -0.0229. The third-order valence-electron chi connectivity index (χ3n) is 4.08. The van der Waals surface area contributed by atoms with Crippen molar-refractivity contribution in [3.8, 4) is 11.8 Å². The molecule has 0 unspecified atom stereocenters. The van der Waals surface area contributed by atoms with Gasteiger partial charge in [-0.25, -0.2) is 4.79 Å². The number of aromatic hydroxyl groups is 1. The number of rotatable bonds is 4. The fourth-order valence-electron chi connectivity index (χ4n) is 2.67. The first-order chi connectivity index (χ1) is 11.0. The lowest BCUT2D eigenvalue weighted by Gasteiger charge is -2.31. The molecule has 1 aliphatic rings. The van der Waals surface area contributed by atoms with Crippen LogP contribution in [-0.2, 0) is 9.53 Å². The molecule has 1 saturated carbocycles. The molecule has 23 heavy (non-hydrogen) atoms. The number of phenolic OH excluding ortho intramolecular Hbond substituents is 1. The predicted molar refractivity (Wildman–Crippen MR) is 82.7 cm³/mol. The minimum atomic E-state index is -0.843. The minimum Gasteiger partial charge on any atom is -0.508 e. The highest BCUT2D eigenvalue weighted by Crippen LogP contribution is 2.27. The average molecular weight is 316 g/mol. The number of aryl methyl sites for hydroxylation is 1. The van der Waals surface area contributed by atoms with Gasteiger partial charge in [0, 0.05) is 0 Å². The lowest BCUT2D eigenvalue weighted by Crippen LogP contribution is -2.50. The van der Waals surface area contributed by atoms with Gasteiger partial charge in [-0.3, -0.25) is 4.79 Å². The maximum atomic E-state index is 11.9. The number of nitriles is 1. The lowest BCUT2D eigenvalue weighted by molar-refractivity contribution is -0.125. The number of amides is 1. The molecule has 0 atom stereocenters. The summed E-state index contributed by atoms with van der Waals surface area (Å²) < 4.78 is 4.94. The van der Waals surface area contributed by atoms with E-state index in [-0.39, 0.29) is 11.3 Å². The fourth-order valence-corrected chi connectivity index (χ4v) is 2.67. The SMILES string of the molecule is Cc1ccc(C(=O)OCC(=O)NC2(C#N)CCCCC2)cc1O. The van der Waals surface area contributed by atoms with Gasteiger partial charge < -0.3 is 15.2 Å². The largest absolute Gasteiger partial charge is 0.508 e. The Bertz CT molecular complexity index is 642. The summed E-state index contributed by atoms with van der Waals surface area (Å²) in [7, 11) is 0. The van der Waals surface area contributed by atoms with Crippen molar-refractivity contribution in [3.63, 3.8) is 0 Å². The molecule has 0 radical (unpaired) electrons. The lowest BCUT2D eigenvalue weighted by atomic mass is 9.83. The van der Waals surface area contributed by atoms with E-state index in [0.717, 1.165) is 19.3 Å². The zero-order valence-corrected chi connectivity index (χ0v) is 13.1. The van der Waals surface area contributed by atoms with Crippen LogP contribution in [0.25, 0.3) is 0 Å². The van der Waals surface area contributed by atoms with E-state index in [1.165, 1.54) is 12.1 Å². The highest BCUT2D eigenvalue weighted by Gasteiger charge is 2.33. The van der Waals surface area contributed by atoms with Crippen molar-refractivity contribution in [1.29, 1.82) is 5.26 Å². The molecule has 1 aromatic carbocycles. The Morgan fingerprint density at radius 1 is 1.35 bits per heavy atom. The first kappa shape index (κ1) is 16.8. The second-order valence-electron chi connectivity index (χ2n) is 5.88. The van der Waals surface area contributed by atoms with E-state index in [2.05, 4.69) is 11.4 Å². The van der Waals surface area contributed by atoms with Crippen molar-refractivity contribution < 1.29 is 19.4 Å². The Hall–Kier alpha value is -2.55. The van der Waals surface area contributed by atoms with Gasteiger partial charge in [-0.2, -0.15) is 5.26 Å². The maximum absolute atomic E-state index is 11.9. The Labute approximate surface area is 135 Å². The highest BCUT2D eigenvalue weighted by atomic mass is 16.5. The number of nitrogens with one attached hydrogen (secondary N) is 1. The predicted octanol–water partition coefficient (Wildman–Crippen LogP) is 2.20. The third-order valence-corrected chi connectivity index (χ3v) is 4.08. The molecule has 0 bridgehead atoms. The smallest absolute Gasteiger partial charge is 0.338 e. The van der Waals surface area contributed by atoms with E-state index in [1.807, 2.05) is 0 Å². The number of carbonyl (C=O) groups excluding carboxylic acids is 2. The van der Waals surface area contributed by atoms with Gasteiger partial charge in [0.2, 0.25) is 0 Å². The molecule has 2 N–H and O–H groups in total. The first-order valence-corrected chi connectivity index (χ1v) is 7.65. The van der Waals surface area contributed by atoms with Gasteiger partial charge in [0.1, 0.15) is 11.3 Å². The zero-order chi connectivity index (χ0) is 16.9. The number of carbonyl (C=O) groups is 2. The number of hydrogen-bond donors (Lipinski definition) is 2. The van der Waals surface area contributed by atoms with Crippen LogP contribution in [0.15, 0.2) is 18.2 Å². The highest BCUT2D eigenvalue weighted by molar-refractivity contribution is 5.92. The van der Waals surface area contributed by atoms with Crippen LogP contribution >= 0.6 is 0 Å². The number of phenols is 1. The topological polar surface area (TPSA) is 99.4 Å². The van der Waals surface area contributed by atoms with Gasteiger partial charge in [-0.15, -0.1) is 0 Å². The molecule has 1 fully saturated rings. The summed E-state index contributed by atoms with van der Waals surface area (Å²) in [4.78, 5) is 23.8. The molecule has 0 aromatic heterocycles. The number of nitrogens with zero attached hydrogens (tertiary/aromatic N) is 1. The molecule has 1 aliphatic carbocycles. The van der Waals surface area contributed by atoms with E-state index >= 15 is 0 Å². The molecule has 0 aliphatic heterocycles. The van der Waals surface area contributed by atoms with Crippen LogP contribution in [0.1, 0.15) is 48.0 Å². The quantitative estimate of drug-likeness (QED) is 0.830. The van der Waals surface area contributed by atoms with Crippen LogP contribution in [0.5, 0.6) is 5.75 Å². The standard InChI is InChI=1S/C17H20N2O4/c1-12-5-6-13(9-14(12)20)16(22)23-10-15(21)19-17(11-18)7-3-2-4-8-17/h5-6,9,20H,2-4,7-8,10H2,1H3,(H,19,21). The van der Waals surface area contributed by atoms with Gasteiger partial charge in [-0.05, 0) is 37.5 Å². The van der Waals surface area contributed by atoms with Gasteiger partial charge in [0.25, 0.3) is 5.91 Å². The van der Waals surface area contributed by atoms with Crippen LogP contribution in [0.3, 0.4) is 0 Å². The van der Waals surface area contributed by atoms with Crippen LogP contribution < -0.4 is 5.32 Å². The monoisotopic (exact) mass is 316 g/mol. The summed E-state index contributed by atoms with van der Waals surface area (Å²) in [6, 6.07) is 6.59. The molecular weight excluding hydrogens is 296 g/mol. The van der Waals surface area contributed by atoms with E-state index in [0.29, 0.717) is 18.4 Å². The summed E-state index contributed by atoms with van der Waals surface area (Å²) in [6.45, 7) is 1.26. The van der Waals surface area contributed by atoms with Crippen LogP contribution in [0.2, 0.25) is 0 Å². The van der Waals surface area contributed by atoms with Crippen LogP contribution in [-0.4, -0.2) is 29.1 Å². The molecular formula is C17H20N2O4. The van der Waals surface area contributed by atoms with Gasteiger partial charge in [0.05, 0.1) is 11.6 Å². The van der Waals surface area contributed by atoms with Crippen molar-refractivity contribution in [2.24, 2.45) is 0 Å². The van der Waals surface area contributed by atoms with Crippen LogP contribution in [0, 0.1) is 18.3 Å². The molecule has 1 amide bonds. The van der Waals surface area contributed by atoms with Crippen molar-refractivity contribution in [2.75, 3.05) is 6.61 Å². The summed E-state index contributed by atoms with van der Waals surface area (Å²) in [5.74, 6) is -1.18. The first-order valence-electron chi connectivity index (χ1n) is 7.65. The molecule has 6 heteroatoms. The van der Waals surface area contributed by atoms with Gasteiger partial charge >= 0.3 is 5.97 Å². The van der Waals surface area contributed by atoms with Crippen molar-refractivity contribution in [1.82, 2.24) is 5.32 Å². The minimum absolute atomic E-state index is 0.00506. The third kappa shape index (κ3) is 4.22. The Morgan fingerprint density at radius 3 is 2.65 bits per heavy atom. The maximum Gasteiger partial charge on any atom is 0.338 e. The molecule has 1 aromatic rings. The molecule has 0 heterocycles. The Balaban J connectivity index is 1.89. The molecule has 122 valence electrons. The average Bonchev–Trinajstić information content (AvgIpc) is 2.56. The second kappa shape index (κ2) is 7.14. The Kier molecular flexibility index (Phi) is 5.22. The van der Waals surface area contributed by atoms with Crippen molar-refractivity contribution in [2.45, 2.75) is 44.6 Å². The van der Waals surface area contributed by atoms with E-state index in [9.17, 15) is 20.0 Å². The van der Waals surface area contributed by atoms with Crippen molar-refractivity contribution >= 4 is 11.9 Å². The normalized spacial score (nSPS) is 16.2. The molecule has 6 nitrogen and oxygen atoms in total. The van der Waals surface area contributed by atoms with Gasteiger partial charge in [0.15, 0.2) is 6.61 Å². The Morgan fingerprint density at radius 2 is 2.04 bits per heavy atom. The van der Waals surface area contributed by atoms with Gasteiger partial charge in [-0.1, -0.05) is 25.3 Å². The van der Waals surface area contributed by atoms with Crippen molar-refractivity contribution in [3.05, 3.63) is 29.3 Å². The fraction of sp³-hybridized carbons (Fsp3) is 0.471. The van der Waals surface area contributed by atoms with E-state index in [1.54, 1.807) is 13.0 Å². The second-order valence-corrected chi connectivity index (χ2v) is 5.88. The molecule has 0 spiro atoms. The number of hydrogen-bond acceptors (Lipinski definition) is 5. The number of esters is 1. The zero-order valence-electron chi connectivity index (χ0n) is 13.1. The number of benzene rings is 1. The van der Waals surface area contributed by atoms with Crippen LogP contribution in [0.4, 0.5) is 0 Å². The number of ether oxygens (including phenoxy) is 1. The summed E-state index contributed by atoms with van der Waals surface area (Å²) in [5, 5.41) is 21.6. The summed E-state index contributed by atoms with van der Waals surface area (Å²) >= 11 is 0. The summed E-state index contributed by atoms with van der Waals surface area (Å²) in [6.07, 6.45) is 4.10. The van der Waals surface area contributed by atoms with E-state index in [4.69, 9.17) is 4.74 Å². The molecule has 0 saturated heterocycles.